The second-order valence-corrected chi connectivity index (χ2v) is 6.15. The number of hydrogen-bond donors (Lipinski definition) is 2. The molecule has 0 saturated carbocycles. The topological polar surface area (TPSA) is 109 Å². The third kappa shape index (κ3) is 3.78. The molecule has 0 spiro atoms. The molecule has 2 aromatic rings. The van der Waals surface area contributed by atoms with E-state index in [0.29, 0.717) is 19.0 Å². The van der Waals surface area contributed by atoms with Crippen LogP contribution in [0.1, 0.15) is 26.0 Å². The third-order valence-corrected chi connectivity index (χ3v) is 4.15. The molecule has 9 nitrogen and oxygen atoms in total. The largest absolute Gasteiger partial charge is 0.383 e. The minimum absolute atomic E-state index is 0.0321. The van der Waals surface area contributed by atoms with Crippen LogP contribution in [-0.2, 0) is 13.7 Å². The Morgan fingerprint density at radius 1 is 1.46 bits per heavy atom. The molecule has 0 aromatic carbocycles. The van der Waals surface area contributed by atoms with Gasteiger partial charge in [0.1, 0.15) is 12.6 Å². The van der Waals surface area contributed by atoms with Crippen molar-refractivity contribution in [2.45, 2.75) is 38.1 Å². The average molecular weight is 354 g/mol. The minimum Gasteiger partial charge on any atom is -0.383 e. The summed E-state index contributed by atoms with van der Waals surface area (Å²) in [6.07, 6.45) is 4.99. The fraction of sp³-hybridized carbons (Fsp3) is 0.643. The zero-order chi connectivity index (χ0) is 16.9. The average Bonchev–Trinajstić information content (AvgIpc) is 3.20. The zero-order valence-electron chi connectivity index (χ0n) is 13.7. The number of ether oxygens (including phenoxy) is 2. The normalized spacial score (nSPS) is 22.1. The van der Waals surface area contributed by atoms with Crippen LogP contribution in [0.25, 0.3) is 11.2 Å². The fourth-order valence-electron chi connectivity index (χ4n) is 2.82. The van der Waals surface area contributed by atoms with Gasteiger partial charge in [-0.3, -0.25) is 13.9 Å². The molecule has 132 valence electrons. The molecule has 1 aliphatic heterocycles. The first-order valence-corrected chi connectivity index (χ1v) is 8.60. The molecule has 0 aliphatic carbocycles. The molecule has 3 N–H and O–H groups in total. The number of anilines is 1. The molecule has 3 unspecified atom stereocenters. The molecule has 0 bridgehead atoms. The first kappa shape index (κ1) is 17.4. The molecule has 10 heteroatoms. The summed E-state index contributed by atoms with van der Waals surface area (Å²) >= 11 is 0.863. The summed E-state index contributed by atoms with van der Waals surface area (Å²) in [5, 5.41) is 8.58. The van der Waals surface area contributed by atoms with E-state index < -0.39 is 0 Å². The van der Waals surface area contributed by atoms with E-state index in [2.05, 4.69) is 20.3 Å². The van der Waals surface area contributed by atoms with Crippen molar-refractivity contribution in [2.75, 3.05) is 25.6 Å². The molecule has 1 fully saturated rings. The van der Waals surface area contributed by atoms with Gasteiger partial charge in [0.2, 0.25) is 0 Å². The smallest absolute Gasteiger partial charge is 0.167 e. The lowest BCUT2D eigenvalue weighted by Crippen LogP contribution is -2.21. The summed E-state index contributed by atoms with van der Waals surface area (Å²) in [6.45, 7) is 3.08. The number of imidazole rings is 1. The standard InChI is InChI=1S/C14H22N6O3S/c1-9(5-21-2)19-13-12-14(17-7-16-13)20(8-18-12)11-4-3-10(23-11)6-22-24-15/h7-11H,3-6,15H2,1-2H3,(H,16,17,19). The number of nitrogens with two attached hydrogens (primary N) is 1. The monoisotopic (exact) mass is 354 g/mol. The Hall–Kier alpha value is -1.46. The molecule has 1 saturated heterocycles. The van der Waals surface area contributed by atoms with Crippen molar-refractivity contribution in [1.82, 2.24) is 19.5 Å². The maximum Gasteiger partial charge on any atom is 0.167 e. The number of methoxy groups -OCH3 is 1. The fourth-order valence-corrected chi connectivity index (χ4v) is 3.05. The molecule has 24 heavy (non-hydrogen) atoms. The number of hydrogen-bond acceptors (Lipinski definition) is 9. The van der Waals surface area contributed by atoms with Crippen molar-refractivity contribution in [3.63, 3.8) is 0 Å². The van der Waals surface area contributed by atoms with Crippen molar-refractivity contribution in [3.8, 4) is 0 Å². The number of nitrogens with zero attached hydrogens (tertiary/aromatic N) is 4. The van der Waals surface area contributed by atoms with Gasteiger partial charge >= 0.3 is 0 Å². The Balaban J connectivity index is 1.76. The summed E-state index contributed by atoms with van der Waals surface area (Å²) < 4.78 is 18.2. The van der Waals surface area contributed by atoms with Crippen LogP contribution in [-0.4, -0.2) is 52.0 Å². The lowest BCUT2D eigenvalue weighted by molar-refractivity contribution is -0.0128. The van der Waals surface area contributed by atoms with E-state index in [1.807, 2.05) is 11.5 Å². The van der Waals surface area contributed by atoms with Crippen LogP contribution in [0.2, 0.25) is 0 Å². The highest BCUT2D eigenvalue weighted by Crippen LogP contribution is 2.31. The molecular weight excluding hydrogens is 332 g/mol. The SMILES string of the molecule is COCC(C)Nc1ncnc2c1ncn2C1CCC(COSN)O1. The molecule has 2 aromatic heterocycles. The van der Waals surface area contributed by atoms with E-state index in [4.69, 9.17) is 18.8 Å². The van der Waals surface area contributed by atoms with Crippen molar-refractivity contribution in [1.29, 1.82) is 0 Å². The van der Waals surface area contributed by atoms with Crippen molar-refractivity contribution >= 4 is 29.2 Å². The van der Waals surface area contributed by atoms with Crippen LogP contribution in [0.15, 0.2) is 12.7 Å². The van der Waals surface area contributed by atoms with Crippen LogP contribution in [0, 0.1) is 0 Å². The Kier molecular flexibility index (Phi) is 5.85. The van der Waals surface area contributed by atoms with Crippen molar-refractivity contribution in [2.24, 2.45) is 5.14 Å². The Morgan fingerprint density at radius 2 is 2.33 bits per heavy atom. The van der Waals surface area contributed by atoms with Crippen LogP contribution in [0.4, 0.5) is 5.82 Å². The van der Waals surface area contributed by atoms with Gasteiger partial charge < -0.3 is 14.8 Å². The van der Waals surface area contributed by atoms with Crippen LogP contribution in [0.3, 0.4) is 0 Å². The van der Waals surface area contributed by atoms with Crippen LogP contribution in [0.5, 0.6) is 0 Å². The van der Waals surface area contributed by atoms with E-state index in [0.717, 1.165) is 36.2 Å². The van der Waals surface area contributed by atoms with Gasteiger partial charge in [0.05, 0.1) is 37.9 Å². The Bertz CT molecular complexity index is 669. The molecule has 0 radical (unpaired) electrons. The number of aromatic nitrogens is 4. The summed E-state index contributed by atoms with van der Waals surface area (Å²) in [5.41, 5.74) is 1.47. The summed E-state index contributed by atoms with van der Waals surface area (Å²) in [6, 6.07) is 0.122. The first-order valence-electron chi connectivity index (χ1n) is 7.79. The van der Waals surface area contributed by atoms with E-state index in [9.17, 15) is 0 Å². The van der Waals surface area contributed by atoms with Gasteiger partial charge in [-0.1, -0.05) is 0 Å². The van der Waals surface area contributed by atoms with Gasteiger partial charge in [-0.25, -0.2) is 15.0 Å². The van der Waals surface area contributed by atoms with Gasteiger partial charge in [-0.2, -0.15) is 0 Å². The number of nitrogens with one attached hydrogen (secondary N) is 1. The highest BCUT2D eigenvalue weighted by atomic mass is 32.2. The second kappa shape index (κ2) is 8.08. The number of rotatable bonds is 8. The van der Waals surface area contributed by atoms with Crippen molar-refractivity contribution in [3.05, 3.63) is 12.7 Å². The van der Waals surface area contributed by atoms with E-state index in [1.165, 1.54) is 6.33 Å². The molecular formula is C14H22N6O3S. The highest BCUT2D eigenvalue weighted by molar-refractivity contribution is 7.92. The molecule has 1 aliphatic rings. The van der Waals surface area contributed by atoms with Gasteiger partial charge in [0.25, 0.3) is 0 Å². The third-order valence-electron chi connectivity index (χ3n) is 3.88. The van der Waals surface area contributed by atoms with Gasteiger partial charge in [-0.05, 0) is 19.8 Å². The van der Waals surface area contributed by atoms with Gasteiger partial charge in [-0.15, -0.1) is 0 Å². The first-order chi connectivity index (χ1) is 11.7. The highest BCUT2D eigenvalue weighted by Gasteiger charge is 2.28. The second-order valence-electron chi connectivity index (χ2n) is 5.72. The van der Waals surface area contributed by atoms with E-state index in [1.54, 1.807) is 13.4 Å². The summed E-state index contributed by atoms with van der Waals surface area (Å²) in [7, 11) is 1.67. The van der Waals surface area contributed by atoms with Crippen molar-refractivity contribution < 1.29 is 13.7 Å². The lowest BCUT2D eigenvalue weighted by Gasteiger charge is -2.15. The predicted octanol–water partition coefficient (Wildman–Crippen LogP) is 1.49. The molecule has 3 atom stereocenters. The number of fused-ring (bicyclic) bond motifs is 1. The van der Waals surface area contributed by atoms with Gasteiger partial charge in [0.15, 0.2) is 17.0 Å². The Labute approximate surface area is 144 Å². The van der Waals surface area contributed by atoms with Crippen LogP contribution >= 0.6 is 12.2 Å². The Morgan fingerprint density at radius 3 is 3.12 bits per heavy atom. The zero-order valence-corrected chi connectivity index (χ0v) is 14.5. The van der Waals surface area contributed by atoms with E-state index in [-0.39, 0.29) is 18.4 Å². The minimum atomic E-state index is -0.106. The summed E-state index contributed by atoms with van der Waals surface area (Å²) in [4.78, 5) is 13.1. The van der Waals surface area contributed by atoms with Crippen LogP contribution < -0.4 is 10.5 Å². The molecule has 0 amide bonds. The lowest BCUT2D eigenvalue weighted by atomic mass is 10.2. The molecule has 3 heterocycles. The maximum absolute atomic E-state index is 6.00. The van der Waals surface area contributed by atoms with E-state index >= 15 is 0 Å². The summed E-state index contributed by atoms with van der Waals surface area (Å²) in [5.74, 6) is 0.695. The van der Waals surface area contributed by atoms with Gasteiger partial charge in [0, 0.05) is 13.2 Å². The predicted molar refractivity (Wildman–Crippen MR) is 91.2 cm³/mol. The molecule has 3 rings (SSSR count). The quantitative estimate of drug-likeness (QED) is 0.538. The maximum atomic E-state index is 6.00.